The van der Waals surface area contributed by atoms with Crippen molar-refractivity contribution in [1.29, 1.82) is 0 Å². The summed E-state index contributed by atoms with van der Waals surface area (Å²) in [7, 11) is -3.38. The molecular formula is C15H23N3O4S. The van der Waals surface area contributed by atoms with Gasteiger partial charge in [0.2, 0.25) is 10.0 Å². The zero-order chi connectivity index (χ0) is 16.9. The average molecular weight is 341 g/mol. The Morgan fingerprint density at radius 3 is 2.78 bits per heavy atom. The molecule has 2 atom stereocenters. The first-order chi connectivity index (χ1) is 10.8. The molecule has 0 spiro atoms. The number of rotatable bonds is 6. The number of anilines is 1. The molecule has 0 unspecified atom stereocenters. The molecule has 23 heavy (non-hydrogen) atoms. The minimum absolute atomic E-state index is 0.0789. The maximum absolute atomic E-state index is 12.0. The molecule has 0 bridgehead atoms. The Bertz CT molecular complexity index is 642. The lowest BCUT2D eigenvalue weighted by atomic mass is 10.1. The highest BCUT2D eigenvalue weighted by Crippen LogP contribution is 2.23. The predicted octanol–water partition coefficient (Wildman–Crippen LogP) is 1.60. The Balaban J connectivity index is 1.94. The lowest BCUT2D eigenvalue weighted by Gasteiger charge is -2.19. The normalized spacial score (nSPS) is 19.1. The first-order valence-electron chi connectivity index (χ1n) is 7.58. The average Bonchev–Trinajstić information content (AvgIpc) is 2.97. The van der Waals surface area contributed by atoms with Crippen LogP contribution in [0.25, 0.3) is 0 Å². The van der Waals surface area contributed by atoms with E-state index in [9.17, 15) is 13.2 Å². The van der Waals surface area contributed by atoms with E-state index in [2.05, 4.69) is 15.4 Å². The molecule has 7 nitrogen and oxygen atoms in total. The molecule has 1 aliphatic rings. The van der Waals surface area contributed by atoms with E-state index >= 15 is 0 Å². The van der Waals surface area contributed by atoms with E-state index in [0.717, 1.165) is 25.7 Å². The third-order valence-corrected chi connectivity index (χ3v) is 4.18. The Morgan fingerprint density at radius 2 is 2.13 bits per heavy atom. The molecule has 1 aromatic rings. The molecule has 0 radical (unpaired) electrons. The van der Waals surface area contributed by atoms with E-state index in [-0.39, 0.29) is 18.2 Å². The van der Waals surface area contributed by atoms with Gasteiger partial charge in [-0.3, -0.25) is 4.72 Å². The highest BCUT2D eigenvalue weighted by atomic mass is 32.2. The van der Waals surface area contributed by atoms with Gasteiger partial charge in [-0.25, -0.2) is 13.2 Å². The molecule has 2 amide bonds. The highest BCUT2D eigenvalue weighted by molar-refractivity contribution is 7.92. The zero-order valence-electron chi connectivity index (χ0n) is 13.3. The topological polar surface area (TPSA) is 96.5 Å². The lowest BCUT2D eigenvalue weighted by molar-refractivity contribution is 0.111. The fraction of sp³-hybridized carbons (Fsp3) is 0.533. The molecule has 3 N–H and O–H groups in total. The number of nitrogens with one attached hydrogen (secondary N) is 3. The van der Waals surface area contributed by atoms with Gasteiger partial charge in [-0.05, 0) is 31.4 Å². The quantitative estimate of drug-likeness (QED) is 0.732. The van der Waals surface area contributed by atoms with Crippen LogP contribution >= 0.6 is 0 Å². The smallest absolute Gasteiger partial charge is 0.315 e. The van der Waals surface area contributed by atoms with E-state index < -0.39 is 10.0 Å². The molecule has 2 rings (SSSR count). The minimum atomic E-state index is -3.38. The van der Waals surface area contributed by atoms with Gasteiger partial charge in [0.1, 0.15) is 0 Å². The van der Waals surface area contributed by atoms with E-state index in [4.69, 9.17) is 4.74 Å². The van der Waals surface area contributed by atoms with Crippen molar-refractivity contribution in [3.63, 3.8) is 0 Å². The number of hydrogen-bond acceptors (Lipinski definition) is 4. The van der Waals surface area contributed by atoms with Gasteiger partial charge in [0.05, 0.1) is 24.1 Å². The summed E-state index contributed by atoms with van der Waals surface area (Å²) < 4.78 is 30.8. The van der Waals surface area contributed by atoms with Gasteiger partial charge in [0.25, 0.3) is 0 Å². The van der Waals surface area contributed by atoms with Crippen molar-refractivity contribution in [2.75, 3.05) is 24.1 Å². The van der Waals surface area contributed by atoms with Crippen LogP contribution in [-0.2, 0) is 14.8 Å². The second-order valence-electron chi connectivity index (χ2n) is 5.67. The molecule has 0 aromatic heterocycles. The van der Waals surface area contributed by atoms with Crippen LogP contribution in [0.2, 0.25) is 0 Å². The number of benzene rings is 1. The van der Waals surface area contributed by atoms with Crippen molar-refractivity contribution in [3.05, 3.63) is 29.8 Å². The second kappa shape index (κ2) is 7.65. The number of sulfonamides is 1. The third kappa shape index (κ3) is 5.72. The first kappa shape index (κ1) is 17.6. The van der Waals surface area contributed by atoms with Crippen LogP contribution in [-0.4, -0.2) is 40.0 Å². The van der Waals surface area contributed by atoms with Crippen LogP contribution in [0.15, 0.2) is 24.3 Å². The van der Waals surface area contributed by atoms with Crippen LogP contribution in [0.4, 0.5) is 10.5 Å². The molecule has 1 heterocycles. The van der Waals surface area contributed by atoms with Gasteiger partial charge in [0, 0.05) is 13.2 Å². The second-order valence-corrected chi connectivity index (χ2v) is 7.42. The van der Waals surface area contributed by atoms with Crippen LogP contribution in [0.5, 0.6) is 0 Å². The lowest BCUT2D eigenvalue weighted by Crippen LogP contribution is -2.40. The van der Waals surface area contributed by atoms with Crippen molar-refractivity contribution < 1.29 is 17.9 Å². The van der Waals surface area contributed by atoms with Crippen LogP contribution < -0.4 is 15.4 Å². The number of hydrogen-bond donors (Lipinski definition) is 3. The van der Waals surface area contributed by atoms with Gasteiger partial charge >= 0.3 is 6.03 Å². The minimum Gasteiger partial charge on any atom is -0.376 e. The Hall–Kier alpha value is -1.80. The highest BCUT2D eigenvalue weighted by Gasteiger charge is 2.18. The molecule has 1 aliphatic heterocycles. The monoisotopic (exact) mass is 341 g/mol. The standard InChI is InChI=1S/C15H23N3O4S/c1-11(17-15(19)16-10-12-6-5-9-22-12)13-7-3-4-8-14(13)18-23(2,20)21/h3-4,7-8,11-12,18H,5-6,9-10H2,1-2H3,(H2,16,17,19)/t11-,12-/m0/s1. The number of para-hydroxylation sites is 1. The molecule has 1 fully saturated rings. The summed E-state index contributed by atoms with van der Waals surface area (Å²) >= 11 is 0. The summed E-state index contributed by atoms with van der Waals surface area (Å²) in [6, 6.07) is 6.33. The van der Waals surface area contributed by atoms with Crippen LogP contribution in [0.3, 0.4) is 0 Å². The summed E-state index contributed by atoms with van der Waals surface area (Å²) in [5.41, 5.74) is 1.16. The summed E-state index contributed by atoms with van der Waals surface area (Å²) in [4.78, 5) is 12.0. The van der Waals surface area contributed by atoms with E-state index in [1.807, 2.05) is 0 Å². The molecular weight excluding hydrogens is 318 g/mol. The van der Waals surface area contributed by atoms with E-state index in [0.29, 0.717) is 17.8 Å². The van der Waals surface area contributed by atoms with Crippen molar-refractivity contribution in [2.24, 2.45) is 0 Å². The van der Waals surface area contributed by atoms with Crippen LogP contribution in [0, 0.1) is 0 Å². The number of amides is 2. The number of urea groups is 1. The number of carbonyl (C=O) groups is 1. The van der Waals surface area contributed by atoms with Crippen LogP contribution in [0.1, 0.15) is 31.4 Å². The molecule has 0 saturated carbocycles. The van der Waals surface area contributed by atoms with Crippen molar-refractivity contribution in [2.45, 2.75) is 31.9 Å². The fourth-order valence-corrected chi connectivity index (χ4v) is 3.09. The molecule has 1 aromatic carbocycles. The van der Waals surface area contributed by atoms with Crippen molar-refractivity contribution >= 4 is 21.7 Å². The van der Waals surface area contributed by atoms with Crippen molar-refractivity contribution in [3.8, 4) is 0 Å². The fourth-order valence-electron chi connectivity index (χ4n) is 2.50. The number of ether oxygens (including phenoxy) is 1. The first-order valence-corrected chi connectivity index (χ1v) is 9.47. The predicted molar refractivity (Wildman–Crippen MR) is 88.8 cm³/mol. The number of carbonyl (C=O) groups excluding carboxylic acids is 1. The SMILES string of the molecule is C[C@H](NC(=O)NC[C@@H]1CCCO1)c1ccccc1NS(C)(=O)=O. The van der Waals surface area contributed by atoms with Gasteiger partial charge in [0.15, 0.2) is 0 Å². The Labute approximate surface area is 136 Å². The van der Waals surface area contributed by atoms with Crippen molar-refractivity contribution in [1.82, 2.24) is 10.6 Å². The summed E-state index contributed by atoms with van der Waals surface area (Å²) in [6.07, 6.45) is 3.15. The van der Waals surface area contributed by atoms with Gasteiger partial charge in [-0.1, -0.05) is 18.2 Å². The van der Waals surface area contributed by atoms with E-state index in [1.165, 1.54) is 0 Å². The van der Waals surface area contributed by atoms with Gasteiger partial charge < -0.3 is 15.4 Å². The summed E-state index contributed by atoms with van der Waals surface area (Å²) in [5.74, 6) is 0. The Morgan fingerprint density at radius 1 is 1.39 bits per heavy atom. The summed E-state index contributed by atoms with van der Waals surface area (Å²) in [6.45, 7) is 3.02. The maximum Gasteiger partial charge on any atom is 0.315 e. The Kier molecular flexibility index (Phi) is 5.84. The largest absolute Gasteiger partial charge is 0.376 e. The molecule has 128 valence electrons. The maximum atomic E-state index is 12.0. The zero-order valence-corrected chi connectivity index (χ0v) is 14.2. The van der Waals surface area contributed by atoms with Gasteiger partial charge in [-0.2, -0.15) is 0 Å². The third-order valence-electron chi connectivity index (χ3n) is 3.58. The van der Waals surface area contributed by atoms with E-state index in [1.54, 1.807) is 31.2 Å². The molecule has 0 aliphatic carbocycles. The van der Waals surface area contributed by atoms with Gasteiger partial charge in [-0.15, -0.1) is 0 Å². The molecule has 1 saturated heterocycles. The summed E-state index contributed by atoms with van der Waals surface area (Å²) in [5, 5.41) is 5.59. The molecule has 8 heteroatoms.